The minimum atomic E-state index is -0.288. The molecule has 26 heavy (non-hydrogen) atoms. The van der Waals surface area contributed by atoms with Gasteiger partial charge in [-0.3, -0.25) is 0 Å². The van der Waals surface area contributed by atoms with Crippen molar-refractivity contribution in [1.82, 2.24) is 9.97 Å². The number of hydrogen-bond donors (Lipinski definition) is 1. The third-order valence-corrected chi connectivity index (χ3v) is 4.04. The van der Waals surface area contributed by atoms with Crippen LogP contribution in [0.2, 0.25) is 0 Å². The molecule has 128 valence electrons. The molecule has 0 spiro atoms. The molecule has 0 atom stereocenters. The summed E-state index contributed by atoms with van der Waals surface area (Å²) in [6, 6.07) is 21.5. The van der Waals surface area contributed by atoms with E-state index in [1.807, 2.05) is 48.5 Å². The Morgan fingerprint density at radius 1 is 0.808 bits per heavy atom. The molecule has 4 nitrogen and oxygen atoms in total. The van der Waals surface area contributed by atoms with Gasteiger partial charge in [-0.15, -0.1) is 0 Å². The van der Waals surface area contributed by atoms with Crippen molar-refractivity contribution in [2.24, 2.45) is 0 Å². The fourth-order valence-electron chi connectivity index (χ4n) is 2.80. The van der Waals surface area contributed by atoms with Crippen molar-refractivity contribution in [3.8, 4) is 11.5 Å². The van der Waals surface area contributed by atoms with Gasteiger partial charge in [0.1, 0.15) is 17.3 Å². The largest absolute Gasteiger partial charge is 0.457 e. The zero-order chi connectivity index (χ0) is 17.9. The van der Waals surface area contributed by atoms with E-state index in [9.17, 15) is 4.39 Å². The molecule has 0 radical (unpaired) electrons. The first kappa shape index (κ1) is 16.0. The van der Waals surface area contributed by atoms with Crippen LogP contribution in [-0.2, 0) is 6.42 Å². The molecule has 0 aliphatic carbocycles. The number of nitrogen functional groups attached to an aromatic ring is 1. The van der Waals surface area contributed by atoms with Crippen LogP contribution in [0.1, 0.15) is 11.3 Å². The van der Waals surface area contributed by atoms with Crippen LogP contribution in [0.15, 0.2) is 72.8 Å². The second-order valence-corrected chi connectivity index (χ2v) is 5.92. The number of rotatable bonds is 4. The van der Waals surface area contributed by atoms with Crippen LogP contribution < -0.4 is 10.5 Å². The molecular weight excluding hydrogens is 329 g/mol. The number of ether oxygens (including phenoxy) is 1. The third-order valence-electron chi connectivity index (χ3n) is 4.04. The van der Waals surface area contributed by atoms with E-state index in [4.69, 9.17) is 10.5 Å². The smallest absolute Gasteiger partial charge is 0.220 e. The fraction of sp³-hybridized carbons (Fsp3) is 0.0476. The number of benzene rings is 3. The number of aromatic nitrogens is 2. The van der Waals surface area contributed by atoms with Gasteiger partial charge >= 0.3 is 0 Å². The Balaban J connectivity index is 1.55. The predicted octanol–water partition coefficient (Wildman–Crippen LogP) is 4.73. The van der Waals surface area contributed by atoms with Crippen LogP contribution in [0.3, 0.4) is 0 Å². The predicted molar refractivity (Wildman–Crippen MR) is 99.7 cm³/mol. The molecular formula is C21H16FN3O. The minimum absolute atomic E-state index is 0.273. The number of hydrogen-bond acceptors (Lipinski definition) is 4. The summed E-state index contributed by atoms with van der Waals surface area (Å²) in [5.74, 6) is 1.26. The fourth-order valence-corrected chi connectivity index (χ4v) is 2.80. The summed E-state index contributed by atoms with van der Waals surface area (Å²) in [6.07, 6.45) is 0.643. The van der Waals surface area contributed by atoms with Crippen molar-refractivity contribution in [3.63, 3.8) is 0 Å². The summed E-state index contributed by atoms with van der Waals surface area (Å²) in [6.45, 7) is 0. The van der Waals surface area contributed by atoms with Crippen LogP contribution in [0.25, 0.3) is 10.9 Å². The van der Waals surface area contributed by atoms with Crippen molar-refractivity contribution in [1.29, 1.82) is 0 Å². The molecule has 0 fully saturated rings. The van der Waals surface area contributed by atoms with Gasteiger partial charge in [0.15, 0.2) is 0 Å². The van der Waals surface area contributed by atoms with Gasteiger partial charge in [-0.05, 0) is 48.0 Å². The van der Waals surface area contributed by atoms with Crippen molar-refractivity contribution in [2.75, 3.05) is 5.73 Å². The van der Waals surface area contributed by atoms with Crippen LogP contribution in [-0.4, -0.2) is 9.97 Å². The quantitative estimate of drug-likeness (QED) is 0.581. The number of anilines is 1. The molecule has 5 heteroatoms. The van der Waals surface area contributed by atoms with Gasteiger partial charge in [0.25, 0.3) is 0 Å². The maximum atomic E-state index is 13.0. The highest BCUT2D eigenvalue weighted by molar-refractivity contribution is 5.82. The van der Waals surface area contributed by atoms with Crippen LogP contribution in [0.5, 0.6) is 11.5 Å². The van der Waals surface area contributed by atoms with E-state index in [2.05, 4.69) is 9.97 Å². The van der Waals surface area contributed by atoms with Gasteiger partial charge in [0.05, 0.1) is 11.2 Å². The average molecular weight is 345 g/mol. The van der Waals surface area contributed by atoms with Crippen LogP contribution in [0, 0.1) is 5.82 Å². The Labute approximate surface area is 150 Å². The number of halogens is 1. The Kier molecular flexibility index (Phi) is 4.19. The monoisotopic (exact) mass is 345 g/mol. The lowest BCUT2D eigenvalue weighted by Gasteiger charge is -2.09. The maximum Gasteiger partial charge on any atom is 0.220 e. The maximum absolute atomic E-state index is 13.0. The first-order valence-electron chi connectivity index (χ1n) is 8.21. The standard InChI is InChI=1S/C21H16FN3O/c22-15-7-11-17(12-8-15)26-16-9-5-14(6-10-16)13-20-18-3-1-2-4-19(18)24-21(23)25-20/h1-12H,13H2,(H2,23,24,25). The highest BCUT2D eigenvalue weighted by Gasteiger charge is 2.07. The number of para-hydroxylation sites is 1. The molecule has 2 N–H and O–H groups in total. The second-order valence-electron chi connectivity index (χ2n) is 5.92. The summed E-state index contributed by atoms with van der Waals surface area (Å²) in [5, 5.41) is 0.994. The van der Waals surface area contributed by atoms with E-state index in [1.54, 1.807) is 12.1 Å². The second kappa shape index (κ2) is 6.80. The van der Waals surface area contributed by atoms with Gasteiger partial charge in [0, 0.05) is 11.8 Å². The zero-order valence-electron chi connectivity index (χ0n) is 13.9. The van der Waals surface area contributed by atoms with E-state index in [1.165, 1.54) is 12.1 Å². The topological polar surface area (TPSA) is 61.0 Å². The Bertz CT molecular complexity index is 1050. The van der Waals surface area contributed by atoms with Crippen molar-refractivity contribution in [2.45, 2.75) is 6.42 Å². The molecule has 3 aromatic carbocycles. The van der Waals surface area contributed by atoms with E-state index in [-0.39, 0.29) is 11.8 Å². The molecule has 0 aliphatic heterocycles. The van der Waals surface area contributed by atoms with Gasteiger partial charge in [-0.1, -0.05) is 30.3 Å². The van der Waals surface area contributed by atoms with Gasteiger partial charge in [-0.2, -0.15) is 0 Å². The Morgan fingerprint density at radius 2 is 1.46 bits per heavy atom. The SMILES string of the molecule is Nc1nc(Cc2ccc(Oc3ccc(F)cc3)cc2)c2ccccc2n1. The lowest BCUT2D eigenvalue weighted by atomic mass is 10.1. The lowest BCUT2D eigenvalue weighted by molar-refractivity contribution is 0.480. The molecule has 0 saturated heterocycles. The van der Waals surface area contributed by atoms with Crippen molar-refractivity contribution < 1.29 is 9.13 Å². The summed E-state index contributed by atoms with van der Waals surface area (Å²) in [7, 11) is 0. The molecule has 1 heterocycles. The number of fused-ring (bicyclic) bond motifs is 1. The third kappa shape index (κ3) is 3.47. The van der Waals surface area contributed by atoms with Gasteiger partial charge < -0.3 is 10.5 Å². The molecule has 0 aliphatic rings. The molecule has 4 aromatic rings. The molecule has 4 rings (SSSR count). The number of nitrogens with two attached hydrogens (primary N) is 1. The summed E-state index contributed by atoms with van der Waals surface area (Å²) in [5.41, 5.74) is 8.64. The first-order chi connectivity index (χ1) is 12.7. The lowest BCUT2D eigenvalue weighted by Crippen LogP contribution is -2.01. The zero-order valence-corrected chi connectivity index (χ0v) is 13.9. The van der Waals surface area contributed by atoms with Gasteiger partial charge in [0.2, 0.25) is 5.95 Å². The Morgan fingerprint density at radius 3 is 2.19 bits per heavy atom. The van der Waals surface area contributed by atoms with E-state index < -0.39 is 0 Å². The van der Waals surface area contributed by atoms with E-state index in [0.29, 0.717) is 17.9 Å². The highest BCUT2D eigenvalue weighted by atomic mass is 19.1. The van der Waals surface area contributed by atoms with E-state index >= 15 is 0 Å². The Hall–Kier alpha value is -3.47. The summed E-state index contributed by atoms with van der Waals surface area (Å²) >= 11 is 0. The minimum Gasteiger partial charge on any atom is -0.457 e. The summed E-state index contributed by atoms with van der Waals surface area (Å²) < 4.78 is 18.7. The first-order valence-corrected chi connectivity index (χ1v) is 8.21. The molecule has 1 aromatic heterocycles. The van der Waals surface area contributed by atoms with Gasteiger partial charge in [-0.25, -0.2) is 14.4 Å². The average Bonchev–Trinajstić information content (AvgIpc) is 2.65. The van der Waals surface area contributed by atoms with Crippen molar-refractivity contribution >= 4 is 16.9 Å². The normalized spacial score (nSPS) is 10.8. The highest BCUT2D eigenvalue weighted by Crippen LogP contribution is 2.24. The van der Waals surface area contributed by atoms with Crippen LogP contribution in [0.4, 0.5) is 10.3 Å². The molecule has 0 bridgehead atoms. The molecule has 0 amide bonds. The molecule has 0 unspecified atom stereocenters. The van der Waals surface area contributed by atoms with Crippen LogP contribution >= 0.6 is 0 Å². The van der Waals surface area contributed by atoms with E-state index in [0.717, 1.165) is 22.2 Å². The number of nitrogens with zero attached hydrogens (tertiary/aromatic N) is 2. The summed E-state index contributed by atoms with van der Waals surface area (Å²) in [4.78, 5) is 8.66. The van der Waals surface area contributed by atoms with Crippen molar-refractivity contribution in [3.05, 3.63) is 89.9 Å². The molecule has 0 saturated carbocycles.